The third kappa shape index (κ3) is 2.12. The van der Waals surface area contributed by atoms with Crippen molar-refractivity contribution < 1.29 is 9.53 Å². The van der Waals surface area contributed by atoms with Crippen molar-refractivity contribution >= 4 is 6.09 Å². The van der Waals surface area contributed by atoms with Gasteiger partial charge in [0.15, 0.2) is 0 Å². The average Bonchev–Trinajstić information content (AvgIpc) is 2.89. The number of hydrogen-bond acceptors (Lipinski definition) is 3. The second-order valence-electron chi connectivity index (χ2n) is 3.84. The van der Waals surface area contributed by atoms with E-state index in [1.54, 1.807) is 4.90 Å². The minimum absolute atomic E-state index is 0.125. The van der Waals surface area contributed by atoms with Crippen LogP contribution in [0, 0.1) is 0 Å². The summed E-state index contributed by atoms with van der Waals surface area (Å²) >= 11 is 0. The molecule has 4 heteroatoms. The number of ether oxygens (including phenoxy) is 1. The zero-order chi connectivity index (χ0) is 9.26. The van der Waals surface area contributed by atoms with Gasteiger partial charge in [-0.1, -0.05) is 0 Å². The van der Waals surface area contributed by atoms with E-state index in [4.69, 9.17) is 10.5 Å². The van der Waals surface area contributed by atoms with Crippen molar-refractivity contribution in [3.05, 3.63) is 0 Å². The lowest BCUT2D eigenvalue weighted by Crippen LogP contribution is -2.49. The number of nitrogens with zero attached hydrogens (tertiary/aromatic N) is 1. The minimum atomic E-state index is -0.213. The normalized spacial score (nSPS) is 28.7. The predicted molar refractivity (Wildman–Crippen MR) is 48.0 cm³/mol. The van der Waals surface area contributed by atoms with Gasteiger partial charge in [0.1, 0.15) is 6.10 Å². The summed E-state index contributed by atoms with van der Waals surface area (Å²) in [5.74, 6) is 0. The largest absolute Gasteiger partial charge is 0.446 e. The molecule has 1 heterocycles. The first-order valence-electron chi connectivity index (χ1n) is 5.00. The van der Waals surface area contributed by atoms with E-state index in [-0.39, 0.29) is 18.4 Å². The molecule has 2 aliphatic rings. The Balaban J connectivity index is 1.85. The number of rotatable bonds is 1. The van der Waals surface area contributed by atoms with Crippen LogP contribution >= 0.6 is 0 Å². The summed E-state index contributed by atoms with van der Waals surface area (Å²) in [7, 11) is 0. The van der Waals surface area contributed by atoms with E-state index in [9.17, 15) is 4.79 Å². The first-order chi connectivity index (χ1) is 6.27. The smallest absolute Gasteiger partial charge is 0.411 e. The van der Waals surface area contributed by atoms with Crippen LogP contribution in [0.4, 0.5) is 4.79 Å². The van der Waals surface area contributed by atoms with Crippen molar-refractivity contribution in [2.45, 2.75) is 44.4 Å². The van der Waals surface area contributed by atoms with Gasteiger partial charge in [-0.2, -0.15) is 0 Å². The lowest BCUT2D eigenvalue weighted by atomic mass is 10.1. The number of likely N-dealkylation sites (tertiary alicyclic amines) is 1. The summed E-state index contributed by atoms with van der Waals surface area (Å²) in [6, 6.07) is 0. The molecule has 2 fully saturated rings. The van der Waals surface area contributed by atoms with Gasteiger partial charge < -0.3 is 10.5 Å². The van der Waals surface area contributed by atoms with E-state index in [1.165, 1.54) is 0 Å². The number of amides is 1. The van der Waals surface area contributed by atoms with Crippen molar-refractivity contribution in [2.24, 2.45) is 5.73 Å². The van der Waals surface area contributed by atoms with Crippen LogP contribution in [0.5, 0.6) is 0 Å². The summed E-state index contributed by atoms with van der Waals surface area (Å²) in [5.41, 5.74) is 5.80. The van der Waals surface area contributed by atoms with Crippen LogP contribution in [0.25, 0.3) is 0 Å². The van der Waals surface area contributed by atoms with Gasteiger partial charge in [-0.15, -0.1) is 0 Å². The van der Waals surface area contributed by atoms with E-state index < -0.39 is 0 Å². The van der Waals surface area contributed by atoms with Crippen LogP contribution < -0.4 is 5.73 Å². The molecule has 0 aromatic heterocycles. The zero-order valence-electron chi connectivity index (χ0n) is 7.74. The summed E-state index contributed by atoms with van der Waals surface area (Å²) in [6.45, 7) is 0.757. The summed E-state index contributed by atoms with van der Waals surface area (Å²) in [5, 5.41) is 0. The number of piperidine rings is 1. The van der Waals surface area contributed by atoms with Gasteiger partial charge in [0.05, 0.1) is 6.17 Å². The highest BCUT2D eigenvalue weighted by Gasteiger charge is 2.31. The van der Waals surface area contributed by atoms with Gasteiger partial charge in [0.25, 0.3) is 0 Å². The van der Waals surface area contributed by atoms with Crippen molar-refractivity contribution in [3.63, 3.8) is 0 Å². The van der Waals surface area contributed by atoms with Gasteiger partial charge in [-0.25, -0.2) is 4.79 Å². The number of carbonyl (C=O) groups excluding carboxylic acids is 1. The van der Waals surface area contributed by atoms with Crippen LogP contribution in [0.15, 0.2) is 0 Å². The minimum Gasteiger partial charge on any atom is -0.446 e. The third-order valence-corrected chi connectivity index (χ3v) is 2.58. The Labute approximate surface area is 78.0 Å². The van der Waals surface area contributed by atoms with Crippen LogP contribution in [-0.2, 0) is 4.74 Å². The van der Waals surface area contributed by atoms with E-state index in [1.807, 2.05) is 0 Å². The molecule has 2 N–H and O–H groups in total. The van der Waals surface area contributed by atoms with Gasteiger partial charge in [-0.3, -0.25) is 4.90 Å². The molecule has 0 aromatic rings. The fraction of sp³-hybridized carbons (Fsp3) is 0.889. The molecular formula is C9H16N2O2. The molecule has 4 nitrogen and oxygen atoms in total. The molecule has 1 unspecified atom stereocenters. The SMILES string of the molecule is NC1CCCCN1C(=O)OC1CC1. The second kappa shape index (κ2) is 3.54. The highest BCUT2D eigenvalue weighted by molar-refractivity contribution is 5.68. The van der Waals surface area contributed by atoms with Gasteiger partial charge in [-0.05, 0) is 32.1 Å². The molecule has 0 spiro atoms. The van der Waals surface area contributed by atoms with Gasteiger partial charge >= 0.3 is 6.09 Å². The fourth-order valence-electron chi connectivity index (χ4n) is 1.58. The molecule has 1 amide bonds. The highest BCUT2D eigenvalue weighted by Crippen LogP contribution is 2.25. The van der Waals surface area contributed by atoms with Crippen LogP contribution in [-0.4, -0.2) is 29.8 Å². The Morgan fingerprint density at radius 1 is 1.31 bits per heavy atom. The van der Waals surface area contributed by atoms with Crippen molar-refractivity contribution in [3.8, 4) is 0 Å². The molecule has 0 aromatic carbocycles. The first-order valence-corrected chi connectivity index (χ1v) is 5.00. The monoisotopic (exact) mass is 184 g/mol. The topological polar surface area (TPSA) is 55.6 Å². The molecule has 13 heavy (non-hydrogen) atoms. The van der Waals surface area contributed by atoms with Crippen molar-refractivity contribution in [1.29, 1.82) is 0 Å². The molecule has 1 saturated heterocycles. The van der Waals surface area contributed by atoms with Crippen molar-refractivity contribution in [2.75, 3.05) is 6.54 Å². The molecule has 74 valence electrons. The maximum Gasteiger partial charge on any atom is 0.411 e. The van der Waals surface area contributed by atoms with Crippen LogP contribution in [0.2, 0.25) is 0 Å². The Morgan fingerprint density at radius 2 is 2.08 bits per heavy atom. The third-order valence-electron chi connectivity index (χ3n) is 2.58. The summed E-state index contributed by atoms with van der Waals surface area (Å²) < 4.78 is 5.18. The molecule has 0 radical (unpaired) electrons. The molecule has 2 rings (SSSR count). The summed E-state index contributed by atoms with van der Waals surface area (Å²) in [6.07, 6.45) is 4.96. The number of hydrogen-bond donors (Lipinski definition) is 1. The number of carbonyl (C=O) groups is 1. The highest BCUT2D eigenvalue weighted by atomic mass is 16.6. The zero-order valence-corrected chi connectivity index (χ0v) is 7.74. The van der Waals surface area contributed by atoms with E-state index in [0.29, 0.717) is 0 Å². The molecule has 1 aliphatic carbocycles. The Bertz CT molecular complexity index is 204. The molecule has 1 saturated carbocycles. The maximum atomic E-state index is 11.5. The Morgan fingerprint density at radius 3 is 2.69 bits per heavy atom. The van der Waals surface area contributed by atoms with Crippen molar-refractivity contribution in [1.82, 2.24) is 4.90 Å². The fourth-order valence-corrected chi connectivity index (χ4v) is 1.58. The first kappa shape index (κ1) is 8.81. The lowest BCUT2D eigenvalue weighted by Gasteiger charge is -2.32. The quantitative estimate of drug-likeness (QED) is 0.662. The predicted octanol–water partition coefficient (Wildman–Crippen LogP) is 1.06. The molecule has 1 aliphatic heterocycles. The average molecular weight is 184 g/mol. The molecule has 1 atom stereocenters. The van der Waals surface area contributed by atoms with Crippen LogP contribution in [0.1, 0.15) is 32.1 Å². The van der Waals surface area contributed by atoms with E-state index in [2.05, 4.69) is 0 Å². The number of nitrogens with two attached hydrogens (primary N) is 1. The Kier molecular flexibility index (Phi) is 2.40. The van der Waals surface area contributed by atoms with E-state index >= 15 is 0 Å². The Hall–Kier alpha value is -0.770. The van der Waals surface area contributed by atoms with Crippen LogP contribution in [0.3, 0.4) is 0 Å². The lowest BCUT2D eigenvalue weighted by molar-refractivity contribution is 0.0694. The van der Waals surface area contributed by atoms with E-state index in [0.717, 1.165) is 38.6 Å². The van der Waals surface area contributed by atoms with Gasteiger partial charge in [0, 0.05) is 6.54 Å². The summed E-state index contributed by atoms with van der Waals surface area (Å²) in [4.78, 5) is 13.1. The standard InChI is InChI=1S/C9H16N2O2/c10-8-3-1-2-6-11(8)9(12)13-7-4-5-7/h7-8H,1-6,10H2. The molecular weight excluding hydrogens is 168 g/mol. The maximum absolute atomic E-state index is 11.5. The second-order valence-corrected chi connectivity index (χ2v) is 3.84. The van der Waals surface area contributed by atoms with Gasteiger partial charge in [0.2, 0.25) is 0 Å². The molecule has 0 bridgehead atoms.